The van der Waals surface area contributed by atoms with Crippen LogP contribution < -0.4 is 0 Å². The third-order valence-corrected chi connectivity index (χ3v) is 9.79. The Labute approximate surface area is 331 Å². The number of esters is 3. The number of ether oxygens (including phenoxy) is 5. The Morgan fingerprint density at radius 1 is 1.07 bits per heavy atom. The van der Waals surface area contributed by atoms with Crippen molar-refractivity contribution in [2.24, 2.45) is 11.8 Å². The third kappa shape index (κ3) is 12.5. The topological polar surface area (TPSA) is 164 Å². The Hall–Kier alpha value is -4.57. The summed E-state index contributed by atoms with van der Waals surface area (Å²) in [6.07, 6.45) is 1.77. The van der Waals surface area contributed by atoms with Gasteiger partial charge in [0.15, 0.2) is 11.5 Å². The lowest BCUT2D eigenvalue weighted by Gasteiger charge is -2.34. The molecule has 2 N–H and O–H groups in total. The van der Waals surface area contributed by atoms with Crippen molar-refractivity contribution in [3.63, 3.8) is 0 Å². The molecule has 15 heteroatoms. The van der Waals surface area contributed by atoms with Crippen molar-refractivity contribution in [2.45, 2.75) is 109 Å². The van der Waals surface area contributed by atoms with Crippen LogP contribution in [0.4, 0.5) is 13.2 Å². The number of cyclic esters (lactones) is 1. The third-order valence-electron chi connectivity index (χ3n) is 9.79. The van der Waals surface area contributed by atoms with E-state index in [1.807, 2.05) is 6.92 Å². The van der Waals surface area contributed by atoms with Crippen molar-refractivity contribution >= 4 is 23.5 Å². The number of aliphatic hydroxyl groups is 2. The zero-order valence-corrected chi connectivity index (χ0v) is 33.6. The van der Waals surface area contributed by atoms with Gasteiger partial charge in [-0.1, -0.05) is 68.0 Å². The monoisotopic (exact) mass is 805 g/mol. The maximum Gasteiger partial charge on any atom is 0.432 e. The molecule has 0 spiro atoms. The van der Waals surface area contributed by atoms with Gasteiger partial charge in [0.25, 0.3) is 5.60 Å². The molecule has 1 aromatic heterocycles. The molecule has 8 atom stereocenters. The summed E-state index contributed by atoms with van der Waals surface area (Å²) in [5.41, 5.74) is -4.22. The molecule has 57 heavy (non-hydrogen) atoms. The molecule has 314 valence electrons. The van der Waals surface area contributed by atoms with Crippen molar-refractivity contribution in [1.82, 2.24) is 4.98 Å². The first-order chi connectivity index (χ1) is 26.8. The van der Waals surface area contributed by atoms with Crippen LogP contribution >= 0.6 is 0 Å². The Balaban J connectivity index is 2.03. The Morgan fingerprint density at radius 3 is 2.37 bits per heavy atom. The molecule has 0 saturated carbocycles. The van der Waals surface area contributed by atoms with Crippen molar-refractivity contribution in [3.05, 3.63) is 95.8 Å². The molecular weight excluding hydrogens is 751 g/mol. The summed E-state index contributed by atoms with van der Waals surface area (Å²) in [5.74, 6) is -3.96. The number of carbonyl (C=O) groups is 3. The van der Waals surface area contributed by atoms with Crippen molar-refractivity contribution in [3.8, 4) is 0 Å². The highest BCUT2D eigenvalue weighted by atomic mass is 19.4. The molecular formula is C42H54F3NO11. The number of allylic oxidation sites excluding steroid dienone is 3. The minimum Gasteiger partial charge on any atom is -0.467 e. The van der Waals surface area contributed by atoms with Gasteiger partial charge in [-0.15, -0.1) is 0 Å². The van der Waals surface area contributed by atoms with Crippen LogP contribution in [0.2, 0.25) is 0 Å². The predicted octanol–water partition coefficient (Wildman–Crippen LogP) is 6.75. The number of fused-ring (bicyclic) bond motifs is 2. The number of hydrogen-bond donors (Lipinski definition) is 2. The number of aromatic nitrogens is 1. The van der Waals surface area contributed by atoms with Crippen LogP contribution in [0.1, 0.15) is 77.5 Å². The van der Waals surface area contributed by atoms with Crippen LogP contribution in [-0.4, -0.2) is 90.6 Å². The Morgan fingerprint density at radius 2 is 1.75 bits per heavy atom. The summed E-state index contributed by atoms with van der Waals surface area (Å²) < 4.78 is 76.7. The number of benzene rings is 1. The number of rotatable bonds is 11. The van der Waals surface area contributed by atoms with Gasteiger partial charge in [0, 0.05) is 44.6 Å². The second-order valence-corrected chi connectivity index (χ2v) is 14.5. The largest absolute Gasteiger partial charge is 0.467 e. The number of alkyl halides is 3. The highest BCUT2D eigenvalue weighted by Gasteiger charge is 2.64. The molecule has 12 nitrogen and oxygen atoms in total. The van der Waals surface area contributed by atoms with Crippen molar-refractivity contribution < 1.29 is 65.9 Å². The van der Waals surface area contributed by atoms with E-state index in [1.165, 1.54) is 64.7 Å². The van der Waals surface area contributed by atoms with Gasteiger partial charge < -0.3 is 38.3 Å². The molecule has 0 amide bonds. The number of oxazole rings is 1. The molecule has 0 saturated heterocycles. The van der Waals surface area contributed by atoms with Crippen LogP contribution in [0.3, 0.4) is 0 Å². The summed E-state index contributed by atoms with van der Waals surface area (Å²) in [6.45, 7) is 8.20. The lowest BCUT2D eigenvalue weighted by molar-refractivity contribution is -0.277. The average molecular weight is 806 g/mol. The fourth-order valence-electron chi connectivity index (χ4n) is 6.25. The van der Waals surface area contributed by atoms with E-state index < -0.39 is 71.2 Å². The zero-order chi connectivity index (χ0) is 42.6. The maximum atomic E-state index is 14.8. The number of aryl methyl sites for hydroxylation is 1. The standard InChI is InChI=1S/C42H54F3NO11/c1-26(14-12-13-21-40(5,51)38(49)53-7)23-34-37(48)33(52-6)22-27(2)17-19-35-46-31(25-55-35)29(4)24-32(28(3)18-20-36(47)56-34)57-39(50)41(54-8,42(43,44)45)30-15-10-9-11-16-30/h9-13,15-16,18,20,23-25,27-28,32-34,37,48,51H,14,17,19,21-22H2,1-8H3/b13-12-,20-18+,26-23+,29-24+/t27?,28-,32-,33-,34-,37+,40-,41+/m0/s1. The SMILES string of the molecule is COC(=O)[C@@](C)(O)C/C=C\C/C(C)=C/[C@@H]1OC(=O)/C=C/[C@H](C)[C@@H](OC(=O)[C@](OC)(c2ccccc2)C(F)(F)F)/C=C(\C)c2coc(n2)CCC(C)C[C@H](OC)[C@H]1O. The van der Waals surface area contributed by atoms with E-state index in [0.717, 1.165) is 25.3 Å². The fraction of sp³-hybridized carbons (Fsp3) is 0.524. The predicted molar refractivity (Wildman–Crippen MR) is 203 cm³/mol. The van der Waals surface area contributed by atoms with E-state index in [4.69, 9.17) is 23.4 Å². The van der Waals surface area contributed by atoms with Crippen LogP contribution in [-0.2, 0) is 50.1 Å². The van der Waals surface area contributed by atoms with E-state index in [0.29, 0.717) is 48.4 Å². The van der Waals surface area contributed by atoms with Crippen LogP contribution in [0.25, 0.3) is 5.57 Å². The lowest BCUT2D eigenvalue weighted by Crippen LogP contribution is -2.52. The molecule has 0 aliphatic carbocycles. The second kappa shape index (κ2) is 20.7. The number of carbonyl (C=O) groups excluding carboxylic acids is 3. The van der Waals surface area contributed by atoms with Crippen LogP contribution in [0.5, 0.6) is 0 Å². The average Bonchev–Trinajstić information content (AvgIpc) is 3.65. The van der Waals surface area contributed by atoms with Gasteiger partial charge in [0.2, 0.25) is 0 Å². The Bertz CT molecular complexity index is 1760. The number of methoxy groups -OCH3 is 3. The van der Waals surface area contributed by atoms with E-state index in [9.17, 15) is 37.8 Å². The van der Waals surface area contributed by atoms with E-state index in [2.05, 4.69) is 9.72 Å². The van der Waals surface area contributed by atoms with Gasteiger partial charge in [0.1, 0.15) is 30.3 Å². The van der Waals surface area contributed by atoms with Gasteiger partial charge in [-0.05, 0) is 63.7 Å². The molecule has 1 aliphatic heterocycles. The second-order valence-electron chi connectivity index (χ2n) is 14.5. The van der Waals surface area contributed by atoms with Crippen LogP contribution in [0, 0.1) is 11.8 Å². The zero-order valence-electron chi connectivity index (χ0n) is 33.6. The summed E-state index contributed by atoms with van der Waals surface area (Å²) in [5, 5.41) is 21.9. The van der Waals surface area contributed by atoms with Crippen molar-refractivity contribution in [1.29, 1.82) is 0 Å². The minimum atomic E-state index is -5.23. The highest BCUT2D eigenvalue weighted by Crippen LogP contribution is 2.43. The van der Waals surface area contributed by atoms with Gasteiger partial charge in [0.05, 0.1) is 13.2 Å². The van der Waals surface area contributed by atoms with Gasteiger partial charge in [-0.25, -0.2) is 19.4 Å². The van der Waals surface area contributed by atoms with Gasteiger partial charge in [-0.2, -0.15) is 13.2 Å². The van der Waals surface area contributed by atoms with Crippen molar-refractivity contribution in [2.75, 3.05) is 21.3 Å². The normalized spacial score (nSPS) is 26.8. The van der Waals surface area contributed by atoms with E-state index in [1.54, 1.807) is 32.1 Å². The summed E-state index contributed by atoms with van der Waals surface area (Å²) >= 11 is 0. The smallest absolute Gasteiger partial charge is 0.432 e. The number of nitrogens with zero attached hydrogens (tertiary/aromatic N) is 1. The lowest BCUT2D eigenvalue weighted by atomic mass is 9.92. The summed E-state index contributed by atoms with van der Waals surface area (Å²) in [7, 11) is 3.38. The van der Waals surface area contributed by atoms with Gasteiger partial charge in [-0.3, -0.25) is 0 Å². The summed E-state index contributed by atoms with van der Waals surface area (Å²) in [4.78, 5) is 43.5. The van der Waals surface area contributed by atoms with E-state index >= 15 is 0 Å². The highest BCUT2D eigenvalue weighted by molar-refractivity contribution is 5.84. The summed E-state index contributed by atoms with van der Waals surface area (Å²) in [6, 6.07) is 6.41. The van der Waals surface area contributed by atoms with Crippen LogP contribution in [0.15, 0.2) is 83.0 Å². The first-order valence-electron chi connectivity index (χ1n) is 18.5. The first kappa shape index (κ1) is 46.8. The molecule has 3 rings (SSSR count). The molecule has 2 bridgehead atoms. The number of halogens is 3. The molecule has 0 radical (unpaired) electrons. The molecule has 0 fully saturated rings. The van der Waals surface area contributed by atoms with Gasteiger partial charge >= 0.3 is 24.1 Å². The molecule has 1 aliphatic rings. The first-order valence-corrected chi connectivity index (χ1v) is 18.5. The minimum absolute atomic E-state index is 0.0185. The quantitative estimate of drug-likeness (QED) is 0.140. The maximum absolute atomic E-state index is 14.8. The fourth-order valence-corrected chi connectivity index (χ4v) is 6.25. The number of hydrogen-bond acceptors (Lipinski definition) is 12. The molecule has 2 heterocycles. The molecule has 2 aromatic rings. The number of aliphatic hydroxyl groups excluding tert-OH is 1. The molecule has 1 unspecified atom stereocenters. The van der Waals surface area contributed by atoms with E-state index in [-0.39, 0.29) is 12.3 Å². The Kier molecular flexibility index (Phi) is 17.0. The molecule has 1 aromatic carbocycles.